The summed E-state index contributed by atoms with van der Waals surface area (Å²) in [5.74, 6) is 3.03. The summed E-state index contributed by atoms with van der Waals surface area (Å²) in [6.45, 7) is 6.17. The van der Waals surface area contributed by atoms with Crippen molar-refractivity contribution in [2.24, 2.45) is 5.92 Å². The summed E-state index contributed by atoms with van der Waals surface area (Å²) < 4.78 is 21.6. The molecule has 0 saturated heterocycles. The third-order valence-corrected chi connectivity index (χ3v) is 6.65. The van der Waals surface area contributed by atoms with Crippen LogP contribution in [0.4, 0.5) is 0 Å². The van der Waals surface area contributed by atoms with Crippen molar-refractivity contribution in [1.29, 1.82) is 5.26 Å². The van der Waals surface area contributed by atoms with Crippen molar-refractivity contribution in [1.82, 2.24) is 4.90 Å². The lowest BCUT2D eigenvalue weighted by Gasteiger charge is -2.32. The van der Waals surface area contributed by atoms with Gasteiger partial charge in [-0.2, -0.15) is 5.26 Å². The van der Waals surface area contributed by atoms with Crippen molar-refractivity contribution in [3.8, 4) is 29.1 Å². The predicted octanol–water partition coefficient (Wildman–Crippen LogP) is 5.48. The Bertz CT molecular complexity index is 954. The quantitative estimate of drug-likeness (QED) is 0.366. The number of nitrogens with zero attached hydrogens (tertiary/aromatic N) is 2. The molecule has 186 valence electrons. The molecule has 2 rings (SSSR count). The van der Waals surface area contributed by atoms with Gasteiger partial charge in [0.15, 0.2) is 23.0 Å². The maximum Gasteiger partial charge on any atom is 0.161 e. The zero-order valence-corrected chi connectivity index (χ0v) is 21.8. The van der Waals surface area contributed by atoms with E-state index in [9.17, 15) is 5.26 Å². The maximum absolute atomic E-state index is 10.2. The van der Waals surface area contributed by atoms with Crippen LogP contribution in [0, 0.1) is 17.2 Å². The van der Waals surface area contributed by atoms with E-state index in [0.29, 0.717) is 11.5 Å². The molecule has 0 amide bonds. The predicted molar refractivity (Wildman–Crippen MR) is 136 cm³/mol. The normalized spacial score (nSPS) is 12.8. The van der Waals surface area contributed by atoms with Crippen molar-refractivity contribution in [3.63, 3.8) is 0 Å². The van der Waals surface area contributed by atoms with Crippen LogP contribution >= 0.6 is 0 Å². The molecule has 6 heteroatoms. The summed E-state index contributed by atoms with van der Waals surface area (Å²) in [7, 11) is 8.71. The Labute approximate surface area is 205 Å². The Morgan fingerprint density at radius 2 is 1.38 bits per heavy atom. The van der Waals surface area contributed by atoms with E-state index in [0.717, 1.165) is 55.8 Å². The van der Waals surface area contributed by atoms with E-state index in [2.05, 4.69) is 37.9 Å². The monoisotopic (exact) mass is 467 g/mol. The summed E-state index contributed by atoms with van der Waals surface area (Å²) in [5.41, 5.74) is 1.65. The van der Waals surface area contributed by atoms with Gasteiger partial charge in [-0.05, 0) is 87.1 Å². The summed E-state index contributed by atoms with van der Waals surface area (Å²) in [6, 6.07) is 14.6. The minimum absolute atomic E-state index is 0.172. The van der Waals surface area contributed by atoms with Gasteiger partial charge in [-0.3, -0.25) is 0 Å². The molecule has 0 fully saturated rings. The maximum atomic E-state index is 10.2. The van der Waals surface area contributed by atoms with E-state index in [-0.39, 0.29) is 5.92 Å². The van der Waals surface area contributed by atoms with Gasteiger partial charge in [0.05, 0.1) is 39.9 Å². The van der Waals surface area contributed by atoms with Gasteiger partial charge in [-0.25, -0.2) is 0 Å². The van der Waals surface area contributed by atoms with Gasteiger partial charge >= 0.3 is 0 Å². The van der Waals surface area contributed by atoms with Crippen molar-refractivity contribution in [3.05, 3.63) is 47.5 Å². The lowest BCUT2D eigenvalue weighted by Crippen LogP contribution is -2.32. The second-order valence-electron chi connectivity index (χ2n) is 9.01. The fourth-order valence-corrected chi connectivity index (χ4v) is 4.46. The largest absolute Gasteiger partial charge is 0.493 e. The molecular weight excluding hydrogens is 427 g/mol. The molecule has 1 atom stereocenters. The van der Waals surface area contributed by atoms with Crippen molar-refractivity contribution in [2.75, 3.05) is 48.6 Å². The molecule has 0 bridgehead atoms. The highest BCUT2D eigenvalue weighted by Gasteiger charge is 2.36. The van der Waals surface area contributed by atoms with Crippen LogP contribution in [-0.2, 0) is 11.8 Å². The molecule has 0 aliphatic heterocycles. The van der Waals surface area contributed by atoms with Gasteiger partial charge in [0.2, 0.25) is 0 Å². The standard InChI is InChI=1S/C28H40N2O4/c1-21(2)28(20-29,23-12-14-25(32-5)27(19-23)34-7)15-9-17-30(3)16-8-10-22-11-13-24(31-4)26(18-22)33-6/h11-14,18-19,21H,8-10,15-17H2,1-7H3/t28-/m0/s1/i3-1. The minimum Gasteiger partial charge on any atom is -0.493 e. The SMILES string of the molecule is COc1ccc(CCCN([11CH3])CCC[C@@](C#N)(c2ccc(OC)c(OC)c2)C(C)C)cc1OC. The molecule has 2 aromatic rings. The van der Waals surface area contributed by atoms with Gasteiger partial charge in [0, 0.05) is 0 Å². The molecule has 0 spiro atoms. The number of benzene rings is 2. The molecule has 0 N–H and O–H groups in total. The molecule has 0 aromatic heterocycles. The number of rotatable bonds is 14. The van der Waals surface area contributed by atoms with Crippen LogP contribution in [0.15, 0.2) is 36.4 Å². The van der Waals surface area contributed by atoms with Crippen LogP contribution in [-0.4, -0.2) is 53.5 Å². The Hall–Kier alpha value is -2.91. The van der Waals surface area contributed by atoms with Gasteiger partial charge in [-0.1, -0.05) is 26.0 Å². The van der Waals surface area contributed by atoms with Crippen molar-refractivity contribution >= 4 is 0 Å². The smallest absolute Gasteiger partial charge is 0.161 e. The zero-order valence-electron chi connectivity index (χ0n) is 21.8. The fraction of sp³-hybridized carbons (Fsp3) is 0.536. The molecule has 2 aromatic carbocycles. The van der Waals surface area contributed by atoms with Crippen LogP contribution in [0.3, 0.4) is 0 Å². The van der Waals surface area contributed by atoms with Crippen LogP contribution in [0.5, 0.6) is 23.0 Å². The molecule has 0 radical (unpaired) electrons. The first kappa shape index (κ1) is 27.3. The van der Waals surface area contributed by atoms with E-state index in [4.69, 9.17) is 18.9 Å². The van der Waals surface area contributed by atoms with Gasteiger partial charge in [0.1, 0.15) is 0 Å². The first-order valence-corrected chi connectivity index (χ1v) is 11.9. The number of aryl methyl sites for hydroxylation is 1. The van der Waals surface area contributed by atoms with Gasteiger partial charge < -0.3 is 23.8 Å². The third kappa shape index (κ3) is 6.57. The molecular formula is C28H40N2O4. The first-order chi connectivity index (χ1) is 16.3. The van der Waals surface area contributed by atoms with E-state index in [1.165, 1.54) is 5.56 Å². The Morgan fingerprint density at radius 3 is 1.94 bits per heavy atom. The summed E-state index contributed by atoms with van der Waals surface area (Å²) in [5, 5.41) is 10.2. The number of hydrogen-bond donors (Lipinski definition) is 0. The number of nitriles is 1. The van der Waals surface area contributed by atoms with E-state index >= 15 is 0 Å². The minimum atomic E-state index is -0.569. The van der Waals surface area contributed by atoms with Crippen molar-refractivity contribution in [2.45, 2.75) is 44.9 Å². The van der Waals surface area contributed by atoms with Crippen LogP contribution in [0.1, 0.15) is 44.2 Å². The number of hydrogen-bond acceptors (Lipinski definition) is 6. The number of methoxy groups -OCH3 is 4. The average Bonchev–Trinajstić information content (AvgIpc) is 2.85. The molecule has 0 aliphatic rings. The lowest BCUT2D eigenvalue weighted by molar-refractivity contribution is 0.288. The Morgan fingerprint density at radius 1 is 0.824 bits per heavy atom. The van der Waals surface area contributed by atoms with Crippen LogP contribution in [0.25, 0.3) is 0 Å². The molecule has 0 aliphatic carbocycles. The highest BCUT2D eigenvalue weighted by Crippen LogP contribution is 2.40. The van der Waals surface area contributed by atoms with Crippen LogP contribution in [0.2, 0.25) is 0 Å². The third-order valence-electron chi connectivity index (χ3n) is 6.65. The van der Waals surface area contributed by atoms with Gasteiger partial charge in [0.25, 0.3) is 0 Å². The van der Waals surface area contributed by atoms with Crippen LogP contribution < -0.4 is 18.9 Å². The second-order valence-corrected chi connectivity index (χ2v) is 9.01. The molecule has 34 heavy (non-hydrogen) atoms. The summed E-state index contributed by atoms with van der Waals surface area (Å²) >= 11 is 0. The first-order valence-electron chi connectivity index (χ1n) is 11.9. The molecule has 0 saturated carbocycles. The van der Waals surface area contributed by atoms with Gasteiger partial charge in [-0.15, -0.1) is 0 Å². The highest BCUT2D eigenvalue weighted by molar-refractivity contribution is 5.47. The summed E-state index contributed by atoms with van der Waals surface area (Å²) in [6.07, 6.45) is 3.75. The van der Waals surface area contributed by atoms with E-state index in [1.54, 1.807) is 28.4 Å². The van der Waals surface area contributed by atoms with Crippen molar-refractivity contribution < 1.29 is 18.9 Å². The lowest BCUT2D eigenvalue weighted by atomic mass is 9.69. The zero-order chi connectivity index (χ0) is 25.1. The summed E-state index contributed by atoms with van der Waals surface area (Å²) in [4.78, 5) is 2.35. The molecule has 0 heterocycles. The number of ether oxygens (including phenoxy) is 4. The second kappa shape index (κ2) is 13.1. The Kier molecular flexibility index (Phi) is 10.5. The van der Waals surface area contributed by atoms with E-state index < -0.39 is 5.41 Å². The topological polar surface area (TPSA) is 64.0 Å². The fourth-order valence-electron chi connectivity index (χ4n) is 4.46. The molecule has 0 unspecified atom stereocenters. The highest BCUT2D eigenvalue weighted by atomic mass is 16.5. The average molecular weight is 468 g/mol. The Balaban J connectivity index is 1.95. The molecule has 6 nitrogen and oxygen atoms in total. The van der Waals surface area contributed by atoms with E-state index in [1.807, 2.05) is 30.3 Å².